The Morgan fingerprint density at radius 1 is 1.05 bits per heavy atom. The largest absolute Gasteiger partial charge is 0.481 e. The molecule has 1 aliphatic heterocycles. The van der Waals surface area contributed by atoms with Gasteiger partial charge < -0.3 is 10.0 Å². The van der Waals surface area contributed by atoms with Crippen LogP contribution in [0.25, 0.3) is 0 Å². The third kappa shape index (κ3) is 5.88. The van der Waals surface area contributed by atoms with Gasteiger partial charge in [-0.15, -0.1) is 0 Å². The Balaban J connectivity index is 1.56. The number of carboxylic acid groups (broad SMARTS) is 1. The molecule has 116 valence electrons. The molecule has 3 nitrogen and oxygen atoms in total. The lowest BCUT2D eigenvalue weighted by Gasteiger charge is -2.32. The predicted molar refractivity (Wildman–Crippen MR) is 85.6 cm³/mol. The van der Waals surface area contributed by atoms with Gasteiger partial charge in [-0.2, -0.15) is 0 Å². The molecule has 1 aromatic rings. The van der Waals surface area contributed by atoms with Gasteiger partial charge in [0.2, 0.25) is 0 Å². The van der Waals surface area contributed by atoms with Crippen molar-refractivity contribution in [2.45, 2.75) is 50.9 Å². The summed E-state index contributed by atoms with van der Waals surface area (Å²) < 4.78 is 0. The van der Waals surface area contributed by atoms with Crippen molar-refractivity contribution in [3.63, 3.8) is 0 Å². The highest BCUT2D eigenvalue weighted by Crippen LogP contribution is 2.27. The summed E-state index contributed by atoms with van der Waals surface area (Å²) in [5.74, 6) is 0.0657. The van der Waals surface area contributed by atoms with Gasteiger partial charge in [-0.1, -0.05) is 43.2 Å². The standard InChI is InChI=1S/C18H27NO2/c20-18(21)10-6-1-2-7-13-19-14-11-17(12-15-19)16-8-4-3-5-9-16/h3-5,8-9,17H,1-2,6-7,10-15H2,(H,20,21). The molecule has 1 fully saturated rings. The average Bonchev–Trinajstić information content (AvgIpc) is 2.52. The lowest BCUT2D eigenvalue weighted by atomic mass is 9.89. The lowest BCUT2D eigenvalue weighted by molar-refractivity contribution is -0.137. The van der Waals surface area contributed by atoms with Gasteiger partial charge in [-0.05, 0) is 56.8 Å². The first-order chi connectivity index (χ1) is 10.3. The molecule has 0 saturated carbocycles. The SMILES string of the molecule is O=C(O)CCCCCCN1CCC(c2ccccc2)CC1. The average molecular weight is 289 g/mol. The molecule has 1 aliphatic rings. The molecular formula is C18H27NO2. The van der Waals surface area contributed by atoms with E-state index in [4.69, 9.17) is 5.11 Å². The number of carboxylic acids is 1. The molecule has 0 radical (unpaired) electrons. The Kier molecular flexibility index (Phi) is 6.74. The highest BCUT2D eigenvalue weighted by molar-refractivity contribution is 5.66. The number of benzene rings is 1. The summed E-state index contributed by atoms with van der Waals surface area (Å²) in [6, 6.07) is 10.9. The van der Waals surface area contributed by atoms with Gasteiger partial charge in [0.05, 0.1) is 0 Å². The van der Waals surface area contributed by atoms with Gasteiger partial charge >= 0.3 is 5.97 Å². The van der Waals surface area contributed by atoms with Crippen molar-refractivity contribution in [3.8, 4) is 0 Å². The van der Waals surface area contributed by atoms with E-state index in [0.29, 0.717) is 6.42 Å². The number of hydrogen-bond donors (Lipinski definition) is 1. The molecule has 1 aromatic carbocycles. The number of hydrogen-bond acceptors (Lipinski definition) is 2. The summed E-state index contributed by atoms with van der Waals surface area (Å²) in [5.41, 5.74) is 1.49. The molecule has 0 aromatic heterocycles. The smallest absolute Gasteiger partial charge is 0.303 e. The van der Waals surface area contributed by atoms with E-state index >= 15 is 0 Å². The van der Waals surface area contributed by atoms with Gasteiger partial charge in [0.15, 0.2) is 0 Å². The van der Waals surface area contributed by atoms with Crippen molar-refractivity contribution in [3.05, 3.63) is 35.9 Å². The summed E-state index contributed by atoms with van der Waals surface area (Å²) in [4.78, 5) is 13.0. The molecule has 0 amide bonds. The Bertz CT molecular complexity index is 410. The van der Waals surface area contributed by atoms with Gasteiger partial charge in [0, 0.05) is 6.42 Å². The molecule has 21 heavy (non-hydrogen) atoms. The van der Waals surface area contributed by atoms with E-state index in [1.54, 1.807) is 0 Å². The highest BCUT2D eigenvalue weighted by atomic mass is 16.4. The maximum Gasteiger partial charge on any atom is 0.303 e. The van der Waals surface area contributed by atoms with E-state index in [1.165, 1.54) is 44.5 Å². The number of piperidine rings is 1. The molecule has 3 heteroatoms. The normalized spacial score (nSPS) is 17.0. The zero-order valence-electron chi connectivity index (χ0n) is 12.8. The van der Waals surface area contributed by atoms with Crippen LogP contribution in [0, 0.1) is 0 Å². The van der Waals surface area contributed by atoms with Gasteiger partial charge in [-0.3, -0.25) is 4.79 Å². The van der Waals surface area contributed by atoms with Crippen LogP contribution in [0.5, 0.6) is 0 Å². The van der Waals surface area contributed by atoms with Gasteiger partial charge in [-0.25, -0.2) is 0 Å². The molecule has 0 unspecified atom stereocenters. The summed E-state index contributed by atoms with van der Waals surface area (Å²) in [7, 11) is 0. The number of unbranched alkanes of at least 4 members (excludes halogenated alkanes) is 3. The van der Waals surface area contributed by atoms with Crippen LogP contribution >= 0.6 is 0 Å². The Morgan fingerprint density at radius 3 is 2.38 bits per heavy atom. The third-order valence-corrected chi connectivity index (χ3v) is 4.47. The fourth-order valence-electron chi connectivity index (χ4n) is 3.18. The van der Waals surface area contributed by atoms with Crippen LogP contribution in [-0.2, 0) is 4.79 Å². The van der Waals surface area contributed by atoms with Crippen LogP contribution in [0.15, 0.2) is 30.3 Å². The van der Waals surface area contributed by atoms with Crippen molar-refractivity contribution >= 4 is 5.97 Å². The zero-order valence-corrected chi connectivity index (χ0v) is 12.8. The van der Waals surface area contributed by atoms with E-state index in [-0.39, 0.29) is 0 Å². The molecule has 2 rings (SSSR count). The van der Waals surface area contributed by atoms with Crippen LogP contribution in [0.3, 0.4) is 0 Å². The highest BCUT2D eigenvalue weighted by Gasteiger charge is 2.19. The second-order valence-corrected chi connectivity index (χ2v) is 6.08. The van der Waals surface area contributed by atoms with Crippen LogP contribution in [0.1, 0.15) is 56.4 Å². The second kappa shape index (κ2) is 8.83. The summed E-state index contributed by atoms with van der Waals surface area (Å²) in [6.07, 6.45) is 7.09. The lowest BCUT2D eigenvalue weighted by Crippen LogP contribution is -2.33. The number of aliphatic carboxylic acids is 1. The number of likely N-dealkylation sites (tertiary alicyclic amines) is 1. The first-order valence-corrected chi connectivity index (χ1v) is 8.25. The third-order valence-electron chi connectivity index (χ3n) is 4.47. The zero-order chi connectivity index (χ0) is 14.9. The molecule has 0 atom stereocenters. The predicted octanol–water partition coefficient (Wildman–Crippen LogP) is 3.90. The van der Waals surface area contributed by atoms with Crippen molar-refractivity contribution in [1.29, 1.82) is 0 Å². The summed E-state index contributed by atoms with van der Waals surface area (Å²) in [5, 5.41) is 8.58. The Labute approximate surface area is 128 Å². The van der Waals surface area contributed by atoms with E-state index < -0.39 is 5.97 Å². The molecule has 0 bridgehead atoms. The second-order valence-electron chi connectivity index (χ2n) is 6.08. The minimum Gasteiger partial charge on any atom is -0.481 e. The fraction of sp³-hybridized carbons (Fsp3) is 0.611. The molecule has 1 N–H and O–H groups in total. The van der Waals surface area contributed by atoms with Crippen molar-refractivity contribution in [1.82, 2.24) is 4.90 Å². The fourth-order valence-corrected chi connectivity index (χ4v) is 3.18. The van der Waals surface area contributed by atoms with Crippen LogP contribution < -0.4 is 0 Å². The quantitative estimate of drug-likeness (QED) is 0.738. The molecule has 0 aliphatic carbocycles. The van der Waals surface area contributed by atoms with E-state index in [1.807, 2.05) is 0 Å². The molecule has 1 heterocycles. The van der Waals surface area contributed by atoms with Crippen LogP contribution in [-0.4, -0.2) is 35.6 Å². The van der Waals surface area contributed by atoms with Crippen LogP contribution in [0.4, 0.5) is 0 Å². The minimum absolute atomic E-state index is 0.322. The summed E-state index contributed by atoms with van der Waals surface area (Å²) >= 11 is 0. The van der Waals surface area contributed by atoms with E-state index in [9.17, 15) is 4.79 Å². The number of carbonyl (C=O) groups is 1. The molecule has 1 saturated heterocycles. The van der Waals surface area contributed by atoms with Gasteiger partial charge in [0.25, 0.3) is 0 Å². The molecule has 0 spiro atoms. The maximum absolute atomic E-state index is 10.4. The monoisotopic (exact) mass is 289 g/mol. The Morgan fingerprint density at radius 2 is 1.71 bits per heavy atom. The van der Waals surface area contributed by atoms with Crippen molar-refractivity contribution in [2.75, 3.05) is 19.6 Å². The first-order valence-electron chi connectivity index (χ1n) is 8.25. The molecular weight excluding hydrogens is 262 g/mol. The van der Waals surface area contributed by atoms with Crippen LogP contribution in [0.2, 0.25) is 0 Å². The maximum atomic E-state index is 10.4. The van der Waals surface area contributed by atoms with E-state index in [2.05, 4.69) is 35.2 Å². The van der Waals surface area contributed by atoms with Crippen molar-refractivity contribution in [2.24, 2.45) is 0 Å². The van der Waals surface area contributed by atoms with E-state index in [0.717, 1.165) is 25.2 Å². The van der Waals surface area contributed by atoms with Gasteiger partial charge in [0.1, 0.15) is 0 Å². The topological polar surface area (TPSA) is 40.5 Å². The van der Waals surface area contributed by atoms with Crippen molar-refractivity contribution < 1.29 is 9.90 Å². The Hall–Kier alpha value is -1.35. The number of nitrogens with zero attached hydrogens (tertiary/aromatic N) is 1. The minimum atomic E-state index is -0.669. The number of rotatable bonds is 8. The first kappa shape index (κ1) is 16.0. The summed E-state index contributed by atoms with van der Waals surface area (Å²) in [6.45, 7) is 3.58.